The first-order valence-corrected chi connectivity index (χ1v) is 11.3. The molecule has 0 bridgehead atoms. The van der Waals surface area contributed by atoms with Crippen LogP contribution in [-0.2, 0) is 11.3 Å². The quantitative estimate of drug-likeness (QED) is 0.364. The van der Waals surface area contributed by atoms with Crippen molar-refractivity contribution in [3.63, 3.8) is 0 Å². The highest BCUT2D eigenvalue weighted by Crippen LogP contribution is 2.34. The Morgan fingerprint density at radius 3 is 2.75 bits per heavy atom. The van der Waals surface area contributed by atoms with Crippen LogP contribution in [0, 0.1) is 0 Å². The minimum Gasteiger partial charge on any atom is -0.378 e. The molecule has 190 valence electrons. The summed E-state index contributed by atoms with van der Waals surface area (Å²) >= 11 is 0. The molecule has 6 rings (SSSR count). The van der Waals surface area contributed by atoms with Crippen LogP contribution in [0.15, 0.2) is 24.4 Å². The normalized spacial score (nSPS) is 20.4. The van der Waals surface area contributed by atoms with E-state index in [-0.39, 0.29) is 30.7 Å². The lowest BCUT2D eigenvalue weighted by Crippen LogP contribution is -2.48. The molecule has 2 fully saturated rings. The van der Waals surface area contributed by atoms with Gasteiger partial charge in [0.25, 0.3) is 12.3 Å². The summed E-state index contributed by atoms with van der Waals surface area (Å²) in [5.41, 5.74) is 2.26. The van der Waals surface area contributed by atoms with Crippen molar-refractivity contribution in [3.8, 4) is 11.3 Å². The molecule has 4 aromatic rings. The van der Waals surface area contributed by atoms with E-state index in [1.807, 2.05) is 0 Å². The fourth-order valence-corrected chi connectivity index (χ4v) is 4.56. The van der Waals surface area contributed by atoms with Crippen molar-refractivity contribution in [2.75, 3.05) is 44.0 Å². The monoisotopic (exact) mass is 506 g/mol. The van der Waals surface area contributed by atoms with Crippen molar-refractivity contribution in [1.29, 1.82) is 0 Å². The highest BCUT2D eigenvalue weighted by atomic mass is 19.3. The summed E-state index contributed by atoms with van der Waals surface area (Å²) in [6.07, 6.45) is -0.948. The lowest BCUT2D eigenvalue weighted by Gasteiger charge is -2.34. The number of rotatable bonds is 7. The lowest BCUT2D eigenvalue weighted by molar-refractivity contribution is -0.0711. The topological polar surface area (TPSA) is 110 Å². The number of nitrogens with zero attached hydrogens (tertiary/aromatic N) is 8. The molecule has 0 aliphatic carbocycles. The van der Waals surface area contributed by atoms with Gasteiger partial charge in [-0.15, -0.1) is 10.2 Å². The molecule has 11 nitrogen and oxygen atoms in total. The van der Waals surface area contributed by atoms with E-state index in [0.717, 1.165) is 4.68 Å². The predicted octanol–water partition coefficient (Wildman–Crippen LogP) is 1.97. The second kappa shape index (κ2) is 8.51. The molecule has 0 amide bonds. The minimum absolute atomic E-state index is 0.00277. The molecule has 4 aromatic heterocycles. The van der Waals surface area contributed by atoms with Crippen molar-refractivity contribution in [2.45, 2.75) is 31.0 Å². The Hall–Kier alpha value is -3.59. The number of fused-ring (bicyclic) bond motifs is 2. The first-order chi connectivity index (χ1) is 17.3. The summed E-state index contributed by atoms with van der Waals surface area (Å²) in [7, 11) is 1.66. The largest absolute Gasteiger partial charge is 0.378 e. The van der Waals surface area contributed by atoms with E-state index in [4.69, 9.17) is 4.74 Å². The molecule has 0 radical (unpaired) electrons. The second-order valence-corrected chi connectivity index (χ2v) is 8.84. The van der Waals surface area contributed by atoms with E-state index >= 15 is 0 Å². The van der Waals surface area contributed by atoms with Crippen LogP contribution < -0.4 is 10.6 Å². The van der Waals surface area contributed by atoms with E-state index in [2.05, 4.69) is 36.0 Å². The Morgan fingerprint density at radius 2 is 2.03 bits per heavy atom. The summed E-state index contributed by atoms with van der Waals surface area (Å²) < 4.78 is 63.0. The molecular formula is C21H22F4N10O. The molecule has 6 heterocycles. The number of hydrogen-bond acceptors (Lipinski definition) is 9. The molecule has 2 saturated heterocycles. The highest BCUT2D eigenvalue weighted by Gasteiger charge is 2.51. The number of alkyl halides is 4. The van der Waals surface area contributed by atoms with Crippen LogP contribution in [0.3, 0.4) is 0 Å². The first-order valence-electron chi connectivity index (χ1n) is 11.3. The molecule has 2 N–H and O–H groups in total. The fraction of sp³-hybridized carbons (Fsp3) is 0.476. The van der Waals surface area contributed by atoms with Gasteiger partial charge in [0.2, 0.25) is 5.95 Å². The predicted molar refractivity (Wildman–Crippen MR) is 121 cm³/mol. The van der Waals surface area contributed by atoms with Crippen LogP contribution in [0.5, 0.6) is 0 Å². The summed E-state index contributed by atoms with van der Waals surface area (Å²) in [5, 5.41) is 17.8. The average molecular weight is 506 g/mol. The molecule has 0 saturated carbocycles. The Kier molecular flexibility index (Phi) is 5.40. The number of aromatic nitrogens is 7. The zero-order valence-corrected chi connectivity index (χ0v) is 19.1. The van der Waals surface area contributed by atoms with Gasteiger partial charge in [-0.1, -0.05) is 5.21 Å². The zero-order valence-electron chi connectivity index (χ0n) is 19.1. The maximum Gasteiger partial charge on any atom is 0.281 e. The Morgan fingerprint density at radius 1 is 1.19 bits per heavy atom. The van der Waals surface area contributed by atoms with Crippen LogP contribution in [0.1, 0.15) is 0 Å². The maximum atomic E-state index is 14.7. The SMILES string of the molecule is CNc1nc(NC2CN(C3COC3)CC2(F)F)nn2ccc(-c3ccc4nnn(CC(F)F)c4n3)c12. The number of halogens is 4. The third-order valence-corrected chi connectivity index (χ3v) is 6.48. The average Bonchev–Trinajstić information content (AvgIpc) is 3.47. The molecule has 1 unspecified atom stereocenters. The van der Waals surface area contributed by atoms with Crippen molar-refractivity contribution >= 4 is 28.4 Å². The molecule has 0 aromatic carbocycles. The van der Waals surface area contributed by atoms with Gasteiger partial charge in [0.15, 0.2) is 11.5 Å². The van der Waals surface area contributed by atoms with Crippen molar-refractivity contribution in [1.82, 2.24) is 39.5 Å². The molecular weight excluding hydrogens is 484 g/mol. The van der Waals surface area contributed by atoms with Crippen molar-refractivity contribution in [2.24, 2.45) is 0 Å². The van der Waals surface area contributed by atoms with Gasteiger partial charge in [0.05, 0.1) is 31.5 Å². The standard InChI is InChI=1S/C21H22F4N10O/c1-26-18-17-12(13-2-3-14-19(27-13)35(32-30-14)7-16(22)23)4-5-34(17)31-20(29-18)28-15-6-33(10-21(15,24)25)11-8-36-9-11/h2-5,11,15-16H,6-10H2,1H3,(H2,26,28,29,31). The van der Waals surface area contributed by atoms with Gasteiger partial charge in [-0.2, -0.15) is 4.98 Å². The van der Waals surface area contributed by atoms with Gasteiger partial charge >= 0.3 is 0 Å². The third kappa shape index (κ3) is 3.87. The minimum atomic E-state index is -2.95. The van der Waals surface area contributed by atoms with Crippen molar-refractivity contribution in [3.05, 3.63) is 24.4 Å². The molecule has 15 heteroatoms. The van der Waals surface area contributed by atoms with E-state index in [1.54, 1.807) is 36.3 Å². The molecule has 2 aliphatic heterocycles. The van der Waals surface area contributed by atoms with Gasteiger partial charge in [-0.05, 0) is 18.2 Å². The summed E-state index contributed by atoms with van der Waals surface area (Å²) in [5.74, 6) is -2.52. The van der Waals surface area contributed by atoms with Gasteiger partial charge in [-0.3, -0.25) is 4.90 Å². The third-order valence-electron chi connectivity index (χ3n) is 6.48. The maximum absolute atomic E-state index is 14.7. The molecule has 0 spiro atoms. The summed E-state index contributed by atoms with van der Waals surface area (Å²) in [6, 6.07) is 3.94. The summed E-state index contributed by atoms with van der Waals surface area (Å²) in [4.78, 5) is 10.7. The second-order valence-electron chi connectivity index (χ2n) is 8.84. The Balaban J connectivity index is 1.33. The van der Waals surface area contributed by atoms with Crippen molar-refractivity contribution < 1.29 is 22.3 Å². The van der Waals surface area contributed by atoms with Gasteiger partial charge in [0, 0.05) is 25.4 Å². The van der Waals surface area contributed by atoms with Crippen LogP contribution in [0.2, 0.25) is 0 Å². The number of hydrogen-bond donors (Lipinski definition) is 2. The van der Waals surface area contributed by atoms with Gasteiger partial charge in [0.1, 0.15) is 23.6 Å². The number of ether oxygens (including phenoxy) is 1. The number of nitrogens with one attached hydrogen (secondary N) is 2. The van der Waals surface area contributed by atoms with Gasteiger partial charge < -0.3 is 15.4 Å². The Bertz CT molecular complexity index is 1420. The zero-order chi connectivity index (χ0) is 25.0. The highest BCUT2D eigenvalue weighted by molar-refractivity contribution is 5.89. The van der Waals surface area contributed by atoms with Gasteiger partial charge in [-0.25, -0.2) is 31.7 Å². The first kappa shape index (κ1) is 22.8. The number of pyridine rings is 1. The molecule has 36 heavy (non-hydrogen) atoms. The lowest BCUT2D eigenvalue weighted by atomic mass is 10.2. The van der Waals surface area contributed by atoms with E-state index < -0.39 is 24.9 Å². The van der Waals surface area contributed by atoms with E-state index in [0.29, 0.717) is 41.3 Å². The van der Waals surface area contributed by atoms with E-state index in [1.165, 1.54) is 4.52 Å². The van der Waals surface area contributed by atoms with Crippen LogP contribution in [-0.4, -0.2) is 97.3 Å². The summed E-state index contributed by atoms with van der Waals surface area (Å²) in [6.45, 7) is 0.0950. The number of anilines is 2. The smallest absolute Gasteiger partial charge is 0.281 e. The van der Waals surface area contributed by atoms with Crippen LogP contribution in [0.25, 0.3) is 27.9 Å². The van der Waals surface area contributed by atoms with Crippen LogP contribution in [0.4, 0.5) is 29.3 Å². The molecule has 1 atom stereocenters. The fourth-order valence-electron chi connectivity index (χ4n) is 4.56. The van der Waals surface area contributed by atoms with E-state index in [9.17, 15) is 17.6 Å². The van der Waals surface area contributed by atoms with Crippen LogP contribution >= 0.6 is 0 Å². The number of likely N-dealkylation sites (tertiary alicyclic amines) is 1. The molecule has 2 aliphatic rings. The Labute approximate surface area is 201 Å².